The van der Waals surface area contributed by atoms with Crippen molar-refractivity contribution in [1.29, 1.82) is 0 Å². The van der Waals surface area contributed by atoms with E-state index in [1.165, 1.54) is 16.7 Å². The lowest BCUT2D eigenvalue weighted by Crippen LogP contribution is -2.07. The molecule has 2 aromatic rings. The van der Waals surface area contributed by atoms with Crippen molar-refractivity contribution in [3.8, 4) is 0 Å². The minimum absolute atomic E-state index is 0.821. The molecule has 3 nitrogen and oxygen atoms in total. The van der Waals surface area contributed by atoms with Gasteiger partial charge >= 0.3 is 0 Å². The molecule has 0 aliphatic carbocycles. The highest BCUT2D eigenvalue weighted by atomic mass is 15.1. The molecule has 0 saturated carbocycles. The van der Waals surface area contributed by atoms with Crippen LogP contribution in [0.5, 0.6) is 0 Å². The maximum Gasteiger partial charge on any atom is 0.0980 e. The second kappa shape index (κ2) is 5.29. The molecule has 0 atom stereocenters. The minimum Gasteiger partial charge on any atom is -0.380 e. The van der Waals surface area contributed by atoms with Crippen molar-refractivity contribution in [3.63, 3.8) is 0 Å². The quantitative estimate of drug-likeness (QED) is 0.751. The van der Waals surface area contributed by atoms with Gasteiger partial charge in [0, 0.05) is 24.8 Å². The molecule has 0 saturated heterocycles. The van der Waals surface area contributed by atoms with Gasteiger partial charge < -0.3 is 5.32 Å². The van der Waals surface area contributed by atoms with Crippen molar-refractivity contribution in [3.05, 3.63) is 65.2 Å². The normalized spacial score (nSPS) is 17.9. The second-order valence-electron chi connectivity index (χ2n) is 4.83. The van der Waals surface area contributed by atoms with Crippen LogP contribution in [0.15, 0.2) is 58.8 Å². The minimum atomic E-state index is 0.821. The van der Waals surface area contributed by atoms with Gasteiger partial charge in [0.05, 0.1) is 5.70 Å². The first kappa shape index (κ1) is 12.6. The molecule has 3 heteroatoms. The largest absolute Gasteiger partial charge is 0.380 e. The number of nitrogens with zero attached hydrogens (tertiary/aromatic N) is 2. The first-order chi connectivity index (χ1) is 9.81. The molecule has 20 heavy (non-hydrogen) atoms. The lowest BCUT2D eigenvalue weighted by Gasteiger charge is -2.20. The van der Waals surface area contributed by atoms with E-state index in [-0.39, 0.29) is 0 Å². The highest BCUT2D eigenvalue weighted by molar-refractivity contribution is 5.94. The Morgan fingerprint density at radius 3 is 2.45 bits per heavy atom. The van der Waals surface area contributed by atoms with E-state index in [1.807, 2.05) is 12.1 Å². The molecule has 0 fully saturated rings. The van der Waals surface area contributed by atoms with Gasteiger partial charge in [-0.05, 0) is 29.7 Å². The summed E-state index contributed by atoms with van der Waals surface area (Å²) >= 11 is 0. The molecule has 0 bridgehead atoms. The van der Waals surface area contributed by atoms with Crippen molar-refractivity contribution in [2.24, 2.45) is 10.2 Å². The summed E-state index contributed by atoms with van der Waals surface area (Å²) in [5, 5.41) is 11.9. The number of azo groups is 1. The Bertz CT molecular complexity index is 699. The molecule has 0 spiro atoms. The van der Waals surface area contributed by atoms with E-state index in [9.17, 15) is 0 Å². The summed E-state index contributed by atoms with van der Waals surface area (Å²) in [7, 11) is 1.71. The van der Waals surface area contributed by atoms with Crippen LogP contribution in [0, 0.1) is 0 Å². The van der Waals surface area contributed by atoms with Crippen LogP contribution in [0.2, 0.25) is 0 Å². The summed E-state index contributed by atoms with van der Waals surface area (Å²) in [5.41, 5.74) is 6.82. The molecular formula is C17H17N3. The van der Waals surface area contributed by atoms with Crippen LogP contribution >= 0.6 is 0 Å². The third-order valence-corrected chi connectivity index (χ3v) is 3.63. The molecule has 1 aliphatic rings. The number of rotatable bonds is 1. The summed E-state index contributed by atoms with van der Waals surface area (Å²) in [6.07, 6.45) is 0. The molecule has 0 amide bonds. The zero-order valence-electron chi connectivity index (χ0n) is 11.7. The fraction of sp³-hybridized carbons (Fsp3) is 0.176. The van der Waals surface area contributed by atoms with E-state index in [1.54, 1.807) is 7.05 Å². The highest BCUT2D eigenvalue weighted by Gasteiger charge is 2.16. The van der Waals surface area contributed by atoms with Gasteiger partial charge in [-0.15, -0.1) is 0 Å². The van der Waals surface area contributed by atoms with Gasteiger partial charge in [-0.25, -0.2) is 0 Å². The van der Waals surface area contributed by atoms with Crippen LogP contribution in [0.4, 0.5) is 5.69 Å². The van der Waals surface area contributed by atoms with Gasteiger partial charge in [-0.3, -0.25) is 0 Å². The highest BCUT2D eigenvalue weighted by Crippen LogP contribution is 2.35. The Balaban J connectivity index is 2.31. The molecule has 0 unspecified atom stereocenters. The van der Waals surface area contributed by atoms with Crippen LogP contribution in [0.3, 0.4) is 0 Å². The summed E-state index contributed by atoms with van der Waals surface area (Å²) in [5.74, 6) is 0. The molecule has 1 heterocycles. The van der Waals surface area contributed by atoms with Crippen molar-refractivity contribution < 1.29 is 0 Å². The SMILES string of the molecule is CN=N/C1=C(\C)c2ccccc2CNc2ccccc21. The van der Waals surface area contributed by atoms with E-state index in [4.69, 9.17) is 0 Å². The number of para-hydroxylation sites is 1. The summed E-state index contributed by atoms with van der Waals surface area (Å²) in [6, 6.07) is 16.7. The zero-order valence-corrected chi connectivity index (χ0v) is 11.7. The van der Waals surface area contributed by atoms with E-state index >= 15 is 0 Å². The average Bonchev–Trinajstić information content (AvgIpc) is 2.49. The Labute approximate surface area is 119 Å². The number of anilines is 1. The Hall–Kier alpha value is -2.42. The number of nitrogens with one attached hydrogen (secondary N) is 1. The van der Waals surface area contributed by atoms with Crippen molar-refractivity contribution >= 4 is 17.0 Å². The first-order valence-electron chi connectivity index (χ1n) is 6.73. The van der Waals surface area contributed by atoms with Crippen molar-refractivity contribution in [1.82, 2.24) is 0 Å². The molecule has 0 radical (unpaired) electrons. The lowest BCUT2D eigenvalue weighted by atomic mass is 9.94. The molecule has 3 rings (SSSR count). The smallest absolute Gasteiger partial charge is 0.0980 e. The Morgan fingerprint density at radius 2 is 1.65 bits per heavy atom. The molecular weight excluding hydrogens is 246 g/mol. The van der Waals surface area contributed by atoms with Gasteiger partial charge in [0.15, 0.2) is 0 Å². The fourth-order valence-corrected chi connectivity index (χ4v) is 2.63. The van der Waals surface area contributed by atoms with Gasteiger partial charge in [0.25, 0.3) is 0 Å². The van der Waals surface area contributed by atoms with Crippen LogP contribution in [-0.2, 0) is 6.54 Å². The van der Waals surface area contributed by atoms with E-state index in [2.05, 4.69) is 58.9 Å². The summed E-state index contributed by atoms with van der Waals surface area (Å²) < 4.78 is 0. The van der Waals surface area contributed by atoms with Gasteiger partial charge in [-0.2, -0.15) is 10.2 Å². The van der Waals surface area contributed by atoms with Gasteiger partial charge in [0.2, 0.25) is 0 Å². The number of hydrogen-bond donors (Lipinski definition) is 1. The van der Waals surface area contributed by atoms with Gasteiger partial charge in [-0.1, -0.05) is 42.5 Å². The van der Waals surface area contributed by atoms with Crippen LogP contribution in [0.25, 0.3) is 11.3 Å². The second-order valence-corrected chi connectivity index (χ2v) is 4.83. The third kappa shape index (κ3) is 2.11. The first-order valence-corrected chi connectivity index (χ1v) is 6.73. The third-order valence-electron chi connectivity index (χ3n) is 3.63. The molecule has 1 N–H and O–H groups in total. The molecule has 0 aromatic heterocycles. The molecule has 2 aromatic carbocycles. The van der Waals surface area contributed by atoms with E-state index in [0.29, 0.717) is 0 Å². The van der Waals surface area contributed by atoms with E-state index < -0.39 is 0 Å². The van der Waals surface area contributed by atoms with Crippen LogP contribution < -0.4 is 5.32 Å². The number of fused-ring (bicyclic) bond motifs is 2. The zero-order chi connectivity index (χ0) is 13.9. The van der Waals surface area contributed by atoms with E-state index in [0.717, 1.165) is 23.5 Å². The topological polar surface area (TPSA) is 36.8 Å². The Morgan fingerprint density at radius 1 is 0.950 bits per heavy atom. The molecule has 1 aliphatic heterocycles. The van der Waals surface area contributed by atoms with Crippen molar-refractivity contribution in [2.45, 2.75) is 13.5 Å². The molecule has 100 valence electrons. The summed E-state index contributed by atoms with van der Waals surface area (Å²) in [4.78, 5) is 0. The predicted molar refractivity (Wildman–Crippen MR) is 83.5 cm³/mol. The fourth-order valence-electron chi connectivity index (χ4n) is 2.63. The lowest BCUT2D eigenvalue weighted by molar-refractivity contribution is 1.11. The number of benzene rings is 2. The monoisotopic (exact) mass is 263 g/mol. The maximum absolute atomic E-state index is 4.37. The average molecular weight is 263 g/mol. The summed E-state index contributed by atoms with van der Waals surface area (Å²) in [6.45, 7) is 2.94. The van der Waals surface area contributed by atoms with Crippen LogP contribution in [-0.4, -0.2) is 7.05 Å². The Kier molecular flexibility index (Phi) is 3.33. The maximum atomic E-state index is 4.37. The number of allylic oxidation sites excluding steroid dienone is 1. The van der Waals surface area contributed by atoms with Crippen molar-refractivity contribution in [2.75, 3.05) is 12.4 Å². The van der Waals surface area contributed by atoms with Crippen LogP contribution in [0.1, 0.15) is 23.6 Å². The number of hydrogen-bond acceptors (Lipinski definition) is 3. The predicted octanol–water partition coefficient (Wildman–Crippen LogP) is 4.58. The standard InChI is InChI=1S/C17H17N3/c1-12-14-8-4-3-7-13(14)11-19-16-10-6-5-9-15(16)17(12)20-18-2/h3-10,19H,11H2,1-2H3/b17-12+,20-18?. The van der Waals surface area contributed by atoms with Gasteiger partial charge in [0.1, 0.15) is 0 Å².